The lowest BCUT2D eigenvalue weighted by Gasteiger charge is -2.19. The Morgan fingerprint density at radius 3 is 2.70 bits per heavy atom. The summed E-state index contributed by atoms with van der Waals surface area (Å²) >= 11 is 0. The fourth-order valence-electron chi connectivity index (χ4n) is 2.12. The molecule has 122 valence electrons. The van der Waals surface area contributed by atoms with Crippen LogP contribution in [0.5, 0.6) is 0 Å². The second-order valence-corrected chi connectivity index (χ2v) is 6.37. The summed E-state index contributed by atoms with van der Waals surface area (Å²) in [6.07, 6.45) is 2.06. The number of nitrogens with one attached hydrogen (secondary N) is 1. The summed E-state index contributed by atoms with van der Waals surface area (Å²) in [7, 11) is 0. The van der Waals surface area contributed by atoms with Crippen LogP contribution in [0.15, 0.2) is 36.5 Å². The molecule has 23 heavy (non-hydrogen) atoms. The van der Waals surface area contributed by atoms with E-state index in [1.807, 2.05) is 51.1 Å². The van der Waals surface area contributed by atoms with E-state index in [-0.39, 0.29) is 5.78 Å². The maximum absolute atomic E-state index is 12.2. The Morgan fingerprint density at radius 1 is 1.22 bits per heavy atom. The zero-order chi connectivity index (χ0) is 16.9. The Kier molecular flexibility index (Phi) is 5.32. The predicted octanol–water partition coefficient (Wildman–Crippen LogP) is 3.72. The number of aromatic nitrogens is 1. The molecule has 5 nitrogen and oxygen atoms in total. The van der Waals surface area contributed by atoms with Crippen molar-refractivity contribution in [1.29, 1.82) is 0 Å². The lowest BCUT2D eigenvalue weighted by Crippen LogP contribution is -2.33. The topological polar surface area (TPSA) is 68.3 Å². The first-order valence-corrected chi connectivity index (χ1v) is 7.70. The van der Waals surface area contributed by atoms with E-state index in [9.17, 15) is 9.59 Å². The van der Waals surface area contributed by atoms with Gasteiger partial charge in [0, 0.05) is 30.1 Å². The predicted molar refractivity (Wildman–Crippen MR) is 89.5 cm³/mol. The van der Waals surface area contributed by atoms with Crippen molar-refractivity contribution in [1.82, 2.24) is 10.3 Å². The Morgan fingerprint density at radius 2 is 1.96 bits per heavy atom. The molecule has 1 N–H and O–H groups in total. The van der Waals surface area contributed by atoms with Crippen molar-refractivity contribution >= 4 is 22.8 Å². The lowest BCUT2D eigenvalue weighted by atomic mass is 10.1. The van der Waals surface area contributed by atoms with E-state index in [0.29, 0.717) is 24.9 Å². The van der Waals surface area contributed by atoms with Gasteiger partial charge in [-0.2, -0.15) is 0 Å². The van der Waals surface area contributed by atoms with Crippen LogP contribution in [0, 0.1) is 0 Å². The van der Waals surface area contributed by atoms with E-state index in [4.69, 9.17) is 4.74 Å². The van der Waals surface area contributed by atoms with Gasteiger partial charge in [-0.15, -0.1) is 0 Å². The molecule has 1 heterocycles. The highest BCUT2D eigenvalue weighted by Gasteiger charge is 2.15. The van der Waals surface area contributed by atoms with Crippen molar-refractivity contribution in [3.63, 3.8) is 0 Å². The number of ether oxygens (including phenoxy) is 1. The first-order valence-electron chi connectivity index (χ1n) is 7.70. The normalized spacial score (nSPS) is 11.3. The molecule has 1 aromatic carbocycles. The molecule has 0 unspecified atom stereocenters. The number of hydrogen-bond acceptors (Lipinski definition) is 4. The molecule has 0 spiro atoms. The number of para-hydroxylation sites is 1. The SMILES string of the molecule is CC(C)(C)OC(=O)NCCCC(=O)c1cnc2ccccc2c1. The molecule has 0 aliphatic carbocycles. The summed E-state index contributed by atoms with van der Waals surface area (Å²) in [5, 5.41) is 3.60. The van der Waals surface area contributed by atoms with E-state index < -0.39 is 11.7 Å². The van der Waals surface area contributed by atoms with Crippen molar-refractivity contribution in [3.8, 4) is 0 Å². The third kappa shape index (κ3) is 5.36. The molecular formula is C18H22N2O3. The molecule has 2 aromatic rings. The van der Waals surface area contributed by atoms with Gasteiger partial charge in [-0.05, 0) is 39.3 Å². The Labute approximate surface area is 136 Å². The van der Waals surface area contributed by atoms with Gasteiger partial charge in [-0.3, -0.25) is 9.78 Å². The van der Waals surface area contributed by atoms with Crippen LogP contribution in [0.25, 0.3) is 10.9 Å². The van der Waals surface area contributed by atoms with Crippen LogP contribution in [0.4, 0.5) is 4.79 Å². The number of carbonyl (C=O) groups is 2. The molecule has 1 aromatic heterocycles. The molecule has 0 saturated carbocycles. The fourth-order valence-corrected chi connectivity index (χ4v) is 2.12. The maximum Gasteiger partial charge on any atom is 0.407 e. The van der Waals surface area contributed by atoms with Gasteiger partial charge in [0.25, 0.3) is 0 Å². The summed E-state index contributed by atoms with van der Waals surface area (Å²) in [6, 6.07) is 9.53. The highest BCUT2D eigenvalue weighted by atomic mass is 16.6. The number of amides is 1. The van der Waals surface area contributed by atoms with Gasteiger partial charge in [0.2, 0.25) is 0 Å². The first kappa shape index (κ1) is 16.9. The summed E-state index contributed by atoms with van der Waals surface area (Å²) < 4.78 is 5.13. The van der Waals surface area contributed by atoms with Gasteiger partial charge in [0.05, 0.1) is 5.52 Å². The van der Waals surface area contributed by atoms with Gasteiger partial charge < -0.3 is 10.1 Å². The minimum Gasteiger partial charge on any atom is -0.444 e. The number of hydrogen-bond donors (Lipinski definition) is 1. The number of alkyl carbamates (subject to hydrolysis) is 1. The Balaban J connectivity index is 1.81. The molecule has 0 aliphatic rings. The van der Waals surface area contributed by atoms with Gasteiger partial charge in [-0.1, -0.05) is 18.2 Å². The average molecular weight is 314 g/mol. The minimum atomic E-state index is -0.517. The number of rotatable bonds is 5. The Bertz CT molecular complexity index is 705. The molecular weight excluding hydrogens is 292 g/mol. The maximum atomic E-state index is 12.2. The van der Waals surface area contributed by atoms with Crippen molar-refractivity contribution in [2.45, 2.75) is 39.2 Å². The van der Waals surface area contributed by atoms with E-state index in [0.717, 1.165) is 10.9 Å². The van der Waals surface area contributed by atoms with E-state index in [2.05, 4.69) is 10.3 Å². The molecule has 5 heteroatoms. The van der Waals surface area contributed by atoms with Gasteiger partial charge in [-0.25, -0.2) is 4.79 Å². The van der Waals surface area contributed by atoms with Crippen molar-refractivity contribution in [2.75, 3.05) is 6.54 Å². The number of carbonyl (C=O) groups excluding carboxylic acids is 2. The number of fused-ring (bicyclic) bond motifs is 1. The zero-order valence-electron chi connectivity index (χ0n) is 13.8. The standard InChI is InChI=1S/C18H22N2O3/c1-18(2,3)23-17(22)19-10-6-9-16(21)14-11-13-7-4-5-8-15(13)20-12-14/h4-5,7-8,11-12H,6,9-10H2,1-3H3,(H,19,22). The summed E-state index contributed by atoms with van der Waals surface area (Å²) in [5.41, 5.74) is 0.952. The van der Waals surface area contributed by atoms with Crippen LogP contribution in [0.2, 0.25) is 0 Å². The summed E-state index contributed by atoms with van der Waals surface area (Å²) in [4.78, 5) is 28.0. The van der Waals surface area contributed by atoms with Crippen LogP contribution in [0.3, 0.4) is 0 Å². The van der Waals surface area contributed by atoms with E-state index in [1.165, 1.54) is 0 Å². The number of pyridine rings is 1. The third-order valence-corrected chi connectivity index (χ3v) is 3.16. The van der Waals surface area contributed by atoms with Gasteiger partial charge in [0.15, 0.2) is 5.78 Å². The lowest BCUT2D eigenvalue weighted by molar-refractivity contribution is 0.0525. The smallest absolute Gasteiger partial charge is 0.407 e. The first-order chi connectivity index (χ1) is 10.8. The Hall–Kier alpha value is -2.43. The largest absolute Gasteiger partial charge is 0.444 e. The number of Topliss-reactive ketones (excluding diaryl/α,β-unsaturated/α-hetero) is 1. The molecule has 0 aliphatic heterocycles. The second kappa shape index (κ2) is 7.22. The molecule has 0 saturated heterocycles. The monoisotopic (exact) mass is 314 g/mol. The number of benzene rings is 1. The van der Waals surface area contributed by atoms with Crippen LogP contribution in [0.1, 0.15) is 44.0 Å². The van der Waals surface area contributed by atoms with Crippen LogP contribution < -0.4 is 5.32 Å². The molecule has 0 bridgehead atoms. The van der Waals surface area contributed by atoms with Crippen molar-refractivity contribution in [2.24, 2.45) is 0 Å². The number of ketones is 1. The van der Waals surface area contributed by atoms with Crippen LogP contribution in [-0.4, -0.2) is 29.0 Å². The highest BCUT2D eigenvalue weighted by Crippen LogP contribution is 2.14. The van der Waals surface area contributed by atoms with Gasteiger partial charge >= 0.3 is 6.09 Å². The van der Waals surface area contributed by atoms with Gasteiger partial charge in [0.1, 0.15) is 5.60 Å². The quantitative estimate of drug-likeness (QED) is 0.674. The van der Waals surface area contributed by atoms with E-state index in [1.54, 1.807) is 6.20 Å². The average Bonchev–Trinajstić information content (AvgIpc) is 2.49. The van der Waals surface area contributed by atoms with E-state index >= 15 is 0 Å². The second-order valence-electron chi connectivity index (χ2n) is 6.37. The fraction of sp³-hybridized carbons (Fsp3) is 0.389. The summed E-state index contributed by atoms with van der Waals surface area (Å²) in [5.74, 6) is 0.0224. The summed E-state index contributed by atoms with van der Waals surface area (Å²) in [6.45, 7) is 5.83. The number of nitrogens with zero attached hydrogens (tertiary/aromatic N) is 1. The minimum absolute atomic E-state index is 0.0224. The molecule has 0 atom stereocenters. The third-order valence-electron chi connectivity index (χ3n) is 3.16. The molecule has 1 amide bonds. The molecule has 0 radical (unpaired) electrons. The highest BCUT2D eigenvalue weighted by molar-refractivity contribution is 5.98. The van der Waals surface area contributed by atoms with Crippen LogP contribution in [-0.2, 0) is 4.74 Å². The van der Waals surface area contributed by atoms with Crippen molar-refractivity contribution < 1.29 is 14.3 Å². The molecule has 2 rings (SSSR count). The molecule has 0 fully saturated rings. The van der Waals surface area contributed by atoms with Crippen molar-refractivity contribution in [3.05, 3.63) is 42.1 Å². The van der Waals surface area contributed by atoms with Crippen LogP contribution >= 0.6 is 0 Å². The zero-order valence-corrected chi connectivity index (χ0v) is 13.8.